The summed E-state index contributed by atoms with van der Waals surface area (Å²) in [6.45, 7) is 3.66. The van der Waals surface area contributed by atoms with Crippen LogP contribution in [-0.4, -0.2) is 20.0 Å². The summed E-state index contributed by atoms with van der Waals surface area (Å²) in [7, 11) is -3.56. The molecule has 7 heteroatoms. The minimum Gasteiger partial charge on any atom is -0.361 e. The van der Waals surface area contributed by atoms with E-state index in [1.54, 1.807) is 0 Å². The van der Waals surface area contributed by atoms with Gasteiger partial charge in [-0.25, -0.2) is 17.2 Å². The lowest BCUT2D eigenvalue weighted by Gasteiger charge is -2.38. The molecule has 4 rings (SSSR count). The summed E-state index contributed by atoms with van der Waals surface area (Å²) >= 11 is 0. The highest BCUT2D eigenvalue weighted by molar-refractivity contribution is 7.95. The quantitative estimate of drug-likeness (QED) is 0.813. The molecule has 0 fully saturated rings. The highest BCUT2D eigenvalue weighted by Gasteiger charge is 2.48. The second-order valence-corrected chi connectivity index (χ2v) is 9.83. The first-order valence-electron chi connectivity index (χ1n) is 8.57. The van der Waals surface area contributed by atoms with Crippen molar-refractivity contribution in [2.75, 3.05) is 5.75 Å². The number of rotatable bonds is 1. The van der Waals surface area contributed by atoms with Crippen molar-refractivity contribution in [1.29, 1.82) is 0 Å². The van der Waals surface area contributed by atoms with Gasteiger partial charge < -0.3 is 5.32 Å². The number of hydrogen-bond donors (Lipinski definition) is 1. The summed E-state index contributed by atoms with van der Waals surface area (Å²) in [5.74, 6) is -3.12. The molecule has 26 heavy (non-hydrogen) atoms. The minimum atomic E-state index is -3.56. The molecule has 0 aromatic heterocycles. The number of carbonyl (C=O) groups is 1. The van der Waals surface area contributed by atoms with Crippen molar-refractivity contribution in [3.63, 3.8) is 0 Å². The first-order chi connectivity index (χ1) is 12.1. The van der Waals surface area contributed by atoms with Crippen molar-refractivity contribution in [2.24, 2.45) is 5.41 Å². The molecule has 0 saturated carbocycles. The number of dihydropyridines is 1. The van der Waals surface area contributed by atoms with Crippen molar-refractivity contribution in [2.45, 2.75) is 39.0 Å². The zero-order valence-corrected chi connectivity index (χ0v) is 15.3. The highest BCUT2D eigenvalue weighted by atomic mass is 32.2. The van der Waals surface area contributed by atoms with E-state index in [0.717, 1.165) is 12.1 Å². The third-order valence-corrected chi connectivity index (χ3v) is 7.46. The maximum absolute atomic E-state index is 13.9. The lowest BCUT2D eigenvalue weighted by Crippen LogP contribution is -2.39. The van der Waals surface area contributed by atoms with Gasteiger partial charge in [-0.05, 0) is 30.5 Å². The van der Waals surface area contributed by atoms with Crippen LogP contribution in [-0.2, 0) is 14.6 Å². The fraction of sp³-hybridized carbons (Fsp3) is 0.421. The minimum absolute atomic E-state index is 0.0387. The maximum atomic E-state index is 13.9. The molecule has 1 aromatic rings. The summed E-state index contributed by atoms with van der Waals surface area (Å²) in [5, 5.41) is 3.16. The molecule has 138 valence electrons. The van der Waals surface area contributed by atoms with Gasteiger partial charge in [-0.15, -0.1) is 0 Å². The van der Waals surface area contributed by atoms with Gasteiger partial charge in [0.1, 0.15) is 0 Å². The predicted molar refractivity (Wildman–Crippen MR) is 92.7 cm³/mol. The molecule has 1 unspecified atom stereocenters. The Kier molecular flexibility index (Phi) is 3.67. The Morgan fingerprint density at radius 1 is 1.12 bits per heavy atom. The van der Waals surface area contributed by atoms with Gasteiger partial charge in [-0.2, -0.15) is 0 Å². The number of sulfone groups is 1. The lowest BCUT2D eigenvalue weighted by molar-refractivity contribution is -0.124. The van der Waals surface area contributed by atoms with Gasteiger partial charge in [0.25, 0.3) is 0 Å². The molecule has 2 heterocycles. The molecule has 1 atom stereocenters. The summed E-state index contributed by atoms with van der Waals surface area (Å²) in [5.41, 5.74) is 1.32. The Hall–Kier alpha value is -2.02. The van der Waals surface area contributed by atoms with Crippen LogP contribution in [0.5, 0.6) is 0 Å². The fourth-order valence-electron chi connectivity index (χ4n) is 4.08. The Morgan fingerprint density at radius 3 is 2.54 bits per heavy atom. The lowest BCUT2D eigenvalue weighted by atomic mass is 9.69. The van der Waals surface area contributed by atoms with Crippen LogP contribution in [0.2, 0.25) is 0 Å². The number of nitrogens with one attached hydrogen (secondary N) is 1. The van der Waals surface area contributed by atoms with Crippen LogP contribution in [0.25, 0.3) is 0 Å². The zero-order chi connectivity index (χ0) is 18.9. The fourth-order valence-corrected chi connectivity index (χ4v) is 5.92. The van der Waals surface area contributed by atoms with Crippen molar-refractivity contribution in [3.8, 4) is 0 Å². The third kappa shape index (κ3) is 2.44. The van der Waals surface area contributed by atoms with E-state index in [9.17, 15) is 22.0 Å². The first kappa shape index (κ1) is 17.4. The monoisotopic (exact) mass is 379 g/mol. The van der Waals surface area contributed by atoms with Gasteiger partial charge >= 0.3 is 0 Å². The Balaban J connectivity index is 1.97. The van der Waals surface area contributed by atoms with Crippen molar-refractivity contribution in [1.82, 2.24) is 5.32 Å². The molecular weight excluding hydrogens is 360 g/mol. The molecule has 0 amide bonds. The standard InChI is InChI=1S/C19H19F2NO3S/c1-19(2)7-5-13-16(18(19)23)15(10-3-4-11(20)12(21)9-10)17-14(22-13)6-8-26(17,24)25/h3-4,9,15,22H,5-8H2,1-2H3. The van der Waals surface area contributed by atoms with Crippen LogP contribution >= 0.6 is 0 Å². The van der Waals surface area contributed by atoms with Crippen LogP contribution in [0.1, 0.15) is 44.6 Å². The summed E-state index contributed by atoms with van der Waals surface area (Å²) in [4.78, 5) is 13.3. The third-order valence-electron chi connectivity index (χ3n) is 5.57. The van der Waals surface area contributed by atoms with E-state index >= 15 is 0 Å². The number of hydrogen-bond acceptors (Lipinski definition) is 4. The Morgan fingerprint density at radius 2 is 1.85 bits per heavy atom. The van der Waals surface area contributed by atoms with Crippen LogP contribution in [0.4, 0.5) is 8.78 Å². The molecule has 2 aliphatic heterocycles. The predicted octanol–water partition coefficient (Wildman–Crippen LogP) is 3.32. The highest BCUT2D eigenvalue weighted by Crippen LogP contribution is 2.50. The maximum Gasteiger partial charge on any atom is 0.177 e. The first-order valence-corrected chi connectivity index (χ1v) is 10.2. The van der Waals surface area contributed by atoms with Gasteiger partial charge in [0.2, 0.25) is 0 Å². The normalized spacial score (nSPS) is 26.5. The molecular formula is C19H19F2NO3S. The summed E-state index contributed by atoms with van der Waals surface area (Å²) in [6, 6.07) is 3.35. The molecule has 0 saturated heterocycles. The second kappa shape index (κ2) is 5.49. The van der Waals surface area contributed by atoms with Gasteiger partial charge in [0.15, 0.2) is 27.3 Å². The van der Waals surface area contributed by atoms with Crippen LogP contribution < -0.4 is 5.32 Å². The van der Waals surface area contributed by atoms with Crippen LogP contribution in [0.15, 0.2) is 40.1 Å². The molecule has 4 nitrogen and oxygen atoms in total. The Labute approximate surface area is 150 Å². The number of Topliss-reactive ketones (excluding diaryl/α,β-unsaturated/α-hetero) is 1. The van der Waals surface area contributed by atoms with Gasteiger partial charge in [0, 0.05) is 28.8 Å². The Bertz CT molecular complexity index is 1010. The van der Waals surface area contributed by atoms with Crippen LogP contribution in [0.3, 0.4) is 0 Å². The molecule has 0 radical (unpaired) electrons. The topological polar surface area (TPSA) is 63.2 Å². The molecule has 1 aliphatic carbocycles. The molecule has 3 aliphatic rings. The average Bonchev–Trinajstić information content (AvgIpc) is 2.87. The van der Waals surface area contributed by atoms with E-state index in [1.165, 1.54) is 6.07 Å². The molecule has 1 aromatic carbocycles. The summed E-state index contributed by atoms with van der Waals surface area (Å²) < 4.78 is 52.7. The average molecular weight is 379 g/mol. The molecule has 0 spiro atoms. The summed E-state index contributed by atoms with van der Waals surface area (Å²) in [6.07, 6.45) is 1.61. The van der Waals surface area contributed by atoms with E-state index in [0.29, 0.717) is 41.8 Å². The van der Waals surface area contributed by atoms with E-state index in [-0.39, 0.29) is 16.4 Å². The van der Waals surface area contributed by atoms with Crippen molar-refractivity contribution in [3.05, 3.63) is 57.3 Å². The molecule has 1 N–H and O–H groups in total. The van der Waals surface area contributed by atoms with E-state index in [1.807, 2.05) is 13.8 Å². The number of carbonyl (C=O) groups excluding carboxylic acids is 1. The second-order valence-electron chi connectivity index (χ2n) is 7.75. The van der Waals surface area contributed by atoms with Crippen LogP contribution in [0, 0.1) is 17.0 Å². The SMILES string of the molecule is CC1(C)CCC2=C(C1=O)C(c1ccc(F)c(F)c1)C1=C(CCS1(=O)=O)N2. The number of ketones is 1. The van der Waals surface area contributed by atoms with E-state index in [4.69, 9.17) is 0 Å². The van der Waals surface area contributed by atoms with Crippen molar-refractivity contribution < 1.29 is 22.0 Å². The number of benzene rings is 1. The van der Waals surface area contributed by atoms with Gasteiger partial charge in [-0.3, -0.25) is 4.79 Å². The largest absolute Gasteiger partial charge is 0.361 e. The molecule has 0 bridgehead atoms. The van der Waals surface area contributed by atoms with E-state index < -0.39 is 32.8 Å². The smallest absolute Gasteiger partial charge is 0.177 e. The number of halogens is 2. The number of allylic oxidation sites excluding steroid dienone is 4. The van der Waals surface area contributed by atoms with Crippen molar-refractivity contribution >= 4 is 15.6 Å². The van der Waals surface area contributed by atoms with E-state index in [2.05, 4.69) is 5.32 Å². The van der Waals surface area contributed by atoms with Gasteiger partial charge in [0.05, 0.1) is 16.6 Å². The zero-order valence-electron chi connectivity index (χ0n) is 14.5. The van der Waals surface area contributed by atoms with Gasteiger partial charge in [-0.1, -0.05) is 19.9 Å².